The average molecular weight is 200 g/mol. The van der Waals surface area contributed by atoms with Crippen LogP contribution < -0.4 is 5.32 Å². The molecule has 0 aromatic rings. The molecule has 1 fully saturated rings. The van der Waals surface area contributed by atoms with Crippen LogP contribution in [0, 0.1) is 0 Å². The highest BCUT2D eigenvalue weighted by Crippen LogP contribution is 2.16. The molecule has 0 spiro atoms. The first-order valence-corrected chi connectivity index (χ1v) is 5.10. The van der Waals surface area contributed by atoms with Gasteiger partial charge in [-0.1, -0.05) is 0 Å². The summed E-state index contributed by atoms with van der Waals surface area (Å²) in [5.74, 6) is -0.181. The number of carbonyl (C=O) groups is 1. The summed E-state index contributed by atoms with van der Waals surface area (Å²) in [6.45, 7) is 8.66. The molecule has 1 rings (SSSR count). The number of piperazine rings is 1. The molecule has 14 heavy (non-hydrogen) atoms. The Labute approximate surface area is 85.3 Å². The predicted octanol–water partition coefficient (Wildman–Crippen LogP) is -0.0339. The quantitative estimate of drug-likeness (QED) is 0.625. The highest BCUT2D eigenvalue weighted by atomic mass is 16.3. The smallest absolute Gasteiger partial charge is 0.254 e. The number of nitrogens with zero attached hydrogens (tertiary/aromatic N) is 1. The van der Waals surface area contributed by atoms with E-state index in [-0.39, 0.29) is 18.0 Å². The normalized spacial score (nSPS) is 29.1. The SMILES string of the molecule is CC1CNCC(C)N1C(=O)C(C)(C)O. The van der Waals surface area contributed by atoms with Gasteiger partial charge in [0.25, 0.3) is 5.91 Å². The highest BCUT2D eigenvalue weighted by molar-refractivity contribution is 5.84. The van der Waals surface area contributed by atoms with Crippen molar-refractivity contribution >= 4 is 5.91 Å². The number of nitrogens with one attached hydrogen (secondary N) is 1. The van der Waals surface area contributed by atoms with Crippen LogP contribution in [0.15, 0.2) is 0 Å². The summed E-state index contributed by atoms with van der Waals surface area (Å²) in [4.78, 5) is 13.7. The van der Waals surface area contributed by atoms with Crippen molar-refractivity contribution in [2.45, 2.75) is 45.4 Å². The Hall–Kier alpha value is -0.610. The Morgan fingerprint density at radius 1 is 1.36 bits per heavy atom. The van der Waals surface area contributed by atoms with E-state index in [9.17, 15) is 9.90 Å². The maximum Gasteiger partial charge on any atom is 0.254 e. The Bertz CT molecular complexity index is 213. The number of aliphatic hydroxyl groups is 1. The topological polar surface area (TPSA) is 52.6 Å². The van der Waals surface area contributed by atoms with Crippen molar-refractivity contribution in [2.24, 2.45) is 0 Å². The third kappa shape index (κ3) is 2.25. The van der Waals surface area contributed by atoms with Crippen molar-refractivity contribution in [3.63, 3.8) is 0 Å². The predicted molar refractivity (Wildman–Crippen MR) is 54.9 cm³/mol. The number of hydrogen-bond acceptors (Lipinski definition) is 3. The average Bonchev–Trinajstić information content (AvgIpc) is 2.01. The zero-order valence-electron chi connectivity index (χ0n) is 9.37. The van der Waals surface area contributed by atoms with Gasteiger partial charge in [-0.25, -0.2) is 0 Å². The number of rotatable bonds is 1. The fourth-order valence-electron chi connectivity index (χ4n) is 1.85. The summed E-state index contributed by atoms with van der Waals surface area (Å²) < 4.78 is 0. The third-order valence-corrected chi connectivity index (χ3v) is 2.59. The minimum atomic E-state index is -1.26. The molecule has 0 aromatic carbocycles. The number of hydrogen-bond donors (Lipinski definition) is 2. The maximum atomic E-state index is 11.9. The summed E-state index contributed by atoms with van der Waals surface area (Å²) in [6.07, 6.45) is 0. The van der Waals surface area contributed by atoms with Crippen molar-refractivity contribution in [1.29, 1.82) is 0 Å². The number of amides is 1. The van der Waals surface area contributed by atoms with Gasteiger partial charge in [0, 0.05) is 25.2 Å². The standard InChI is InChI=1S/C10H20N2O2/c1-7-5-11-6-8(2)12(7)9(13)10(3,4)14/h7-8,11,14H,5-6H2,1-4H3. The second-order valence-electron chi connectivity index (χ2n) is 4.63. The van der Waals surface area contributed by atoms with Crippen LogP contribution >= 0.6 is 0 Å². The van der Waals surface area contributed by atoms with Gasteiger partial charge in [0.1, 0.15) is 5.60 Å². The van der Waals surface area contributed by atoms with E-state index in [1.165, 1.54) is 13.8 Å². The molecule has 1 aliphatic rings. The van der Waals surface area contributed by atoms with Crippen LogP contribution in [-0.2, 0) is 4.79 Å². The lowest BCUT2D eigenvalue weighted by atomic mass is 10.0. The fraction of sp³-hybridized carbons (Fsp3) is 0.900. The van der Waals surface area contributed by atoms with Crippen LogP contribution in [0.1, 0.15) is 27.7 Å². The van der Waals surface area contributed by atoms with Crippen LogP contribution in [0.2, 0.25) is 0 Å². The second-order valence-corrected chi connectivity index (χ2v) is 4.63. The summed E-state index contributed by atoms with van der Waals surface area (Å²) in [6, 6.07) is 0.301. The van der Waals surface area contributed by atoms with E-state index in [2.05, 4.69) is 5.32 Å². The van der Waals surface area contributed by atoms with Crippen LogP contribution in [0.25, 0.3) is 0 Å². The van der Waals surface area contributed by atoms with E-state index in [4.69, 9.17) is 0 Å². The minimum absolute atomic E-state index is 0.151. The van der Waals surface area contributed by atoms with Gasteiger partial charge in [0.2, 0.25) is 0 Å². The van der Waals surface area contributed by atoms with Gasteiger partial charge in [0.15, 0.2) is 0 Å². The molecule has 4 heteroatoms. The van der Waals surface area contributed by atoms with Crippen molar-refractivity contribution < 1.29 is 9.90 Å². The van der Waals surface area contributed by atoms with Gasteiger partial charge in [-0.15, -0.1) is 0 Å². The summed E-state index contributed by atoms with van der Waals surface area (Å²) >= 11 is 0. The monoisotopic (exact) mass is 200 g/mol. The molecule has 0 saturated carbocycles. The van der Waals surface area contributed by atoms with Gasteiger partial charge < -0.3 is 15.3 Å². The van der Waals surface area contributed by atoms with Crippen molar-refractivity contribution in [2.75, 3.05) is 13.1 Å². The molecule has 82 valence electrons. The van der Waals surface area contributed by atoms with Crippen molar-refractivity contribution in [3.05, 3.63) is 0 Å². The van der Waals surface area contributed by atoms with E-state index in [0.717, 1.165) is 13.1 Å². The molecule has 0 bridgehead atoms. The van der Waals surface area contributed by atoms with Gasteiger partial charge >= 0.3 is 0 Å². The Kier molecular flexibility index (Phi) is 3.17. The molecule has 0 radical (unpaired) electrons. The lowest BCUT2D eigenvalue weighted by molar-refractivity contribution is -0.153. The van der Waals surface area contributed by atoms with Crippen LogP contribution in [0.3, 0.4) is 0 Å². The molecule has 2 unspecified atom stereocenters. The molecule has 1 amide bonds. The molecule has 2 atom stereocenters. The minimum Gasteiger partial charge on any atom is -0.381 e. The largest absolute Gasteiger partial charge is 0.381 e. The van der Waals surface area contributed by atoms with Gasteiger partial charge in [0.05, 0.1) is 0 Å². The third-order valence-electron chi connectivity index (χ3n) is 2.59. The van der Waals surface area contributed by atoms with Crippen LogP contribution in [0.4, 0.5) is 0 Å². The first-order chi connectivity index (χ1) is 6.34. The maximum absolute atomic E-state index is 11.9. The van der Waals surface area contributed by atoms with Crippen molar-refractivity contribution in [3.8, 4) is 0 Å². The van der Waals surface area contributed by atoms with Gasteiger partial charge in [-0.05, 0) is 27.7 Å². The molecule has 2 N–H and O–H groups in total. The molecule has 4 nitrogen and oxygen atoms in total. The lowest BCUT2D eigenvalue weighted by Gasteiger charge is -2.42. The highest BCUT2D eigenvalue weighted by Gasteiger charge is 2.36. The molecule has 0 aliphatic carbocycles. The second kappa shape index (κ2) is 3.87. The van der Waals surface area contributed by atoms with Crippen LogP contribution in [-0.4, -0.2) is 46.7 Å². The van der Waals surface area contributed by atoms with E-state index < -0.39 is 5.60 Å². The van der Waals surface area contributed by atoms with E-state index >= 15 is 0 Å². The summed E-state index contributed by atoms with van der Waals surface area (Å²) in [7, 11) is 0. The van der Waals surface area contributed by atoms with Crippen LogP contribution in [0.5, 0.6) is 0 Å². The lowest BCUT2D eigenvalue weighted by Crippen LogP contribution is -2.61. The fourth-order valence-corrected chi connectivity index (χ4v) is 1.85. The van der Waals surface area contributed by atoms with E-state index in [1.807, 2.05) is 13.8 Å². The number of carbonyl (C=O) groups excluding carboxylic acids is 1. The molecule has 1 saturated heterocycles. The zero-order valence-corrected chi connectivity index (χ0v) is 9.37. The zero-order chi connectivity index (χ0) is 10.9. The Morgan fingerprint density at radius 3 is 2.14 bits per heavy atom. The Morgan fingerprint density at radius 2 is 1.79 bits per heavy atom. The first kappa shape index (κ1) is 11.5. The molecule has 1 aliphatic heterocycles. The van der Waals surface area contributed by atoms with E-state index in [1.54, 1.807) is 4.90 Å². The molecular formula is C10H20N2O2. The Balaban J connectivity index is 2.78. The summed E-state index contributed by atoms with van der Waals surface area (Å²) in [5, 5.41) is 12.9. The van der Waals surface area contributed by atoms with Crippen molar-refractivity contribution in [1.82, 2.24) is 10.2 Å². The summed E-state index contributed by atoms with van der Waals surface area (Å²) in [5.41, 5.74) is -1.26. The van der Waals surface area contributed by atoms with E-state index in [0.29, 0.717) is 0 Å². The molecule has 1 heterocycles. The molecule has 0 aromatic heterocycles. The first-order valence-electron chi connectivity index (χ1n) is 5.10. The van der Waals surface area contributed by atoms with Gasteiger partial charge in [-0.3, -0.25) is 4.79 Å². The van der Waals surface area contributed by atoms with Gasteiger partial charge in [-0.2, -0.15) is 0 Å². The molecular weight excluding hydrogens is 180 g/mol.